The number of fused-ring (bicyclic) bond motifs is 3. The molecule has 3 aliphatic rings. The van der Waals surface area contributed by atoms with Crippen LogP contribution in [0.25, 0.3) is 11.0 Å². The summed E-state index contributed by atoms with van der Waals surface area (Å²) in [6.07, 6.45) is 8.30. The minimum absolute atomic E-state index is 0.0236. The van der Waals surface area contributed by atoms with Crippen LogP contribution in [-0.2, 0) is 23.3 Å². The standard InChI is InChI=1S/C34H41N7O3/c1-3-44-28-6-4-5-24(19-28)22-41-32-29(21-38-41)31(35-23-36-32)39-15-17-40(18-16-39)33(42)25-9-12-34(13-10-25)30-8-7-27(43-2)20-26(30)11-14-37-34/h4-8,19-21,23,25,37H,3,9-18,22H2,1-2H3. The van der Waals surface area contributed by atoms with E-state index in [1.54, 1.807) is 13.4 Å². The van der Waals surface area contributed by atoms with E-state index in [0.29, 0.717) is 32.1 Å². The zero-order valence-corrected chi connectivity index (χ0v) is 25.7. The normalized spacial score (nSPS) is 21.8. The summed E-state index contributed by atoms with van der Waals surface area (Å²) in [4.78, 5) is 27.2. The topological polar surface area (TPSA) is 97.6 Å². The van der Waals surface area contributed by atoms with Crippen LogP contribution in [-0.4, -0.2) is 77.0 Å². The molecule has 2 aromatic carbocycles. The number of carbonyl (C=O) groups excluding carboxylic acids is 1. The molecule has 1 aliphatic carbocycles. The molecule has 230 valence electrons. The molecule has 44 heavy (non-hydrogen) atoms. The maximum Gasteiger partial charge on any atom is 0.225 e. The van der Waals surface area contributed by atoms with E-state index in [0.717, 1.165) is 85.7 Å². The largest absolute Gasteiger partial charge is 0.497 e. The predicted octanol–water partition coefficient (Wildman–Crippen LogP) is 4.16. The van der Waals surface area contributed by atoms with Crippen molar-refractivity contribution in [2.24, 2.45) is 5.92 Å². The van der Waals surface area contributed by atoms with Crippen molar-refractivity contribution >= 4 is 22.8 Å². The molecule has 4 heterocycles. The zero-order chi connectivity index (χ0) is 30.1. The first kappa shape index (κ1) is 28.6. The van der Waals surface area contributed by atoms with E-state index in [1.165, 1.54) is 11.1 Å². The van der Waals surface area contributed by atoms with Crippen LogP contribution >= 0.6 is 0 Å². The third-order valence-electron chi connectivity index (χ3n) is 9.72. The van der Waals surface area contributed by atoms with Gasteiger partial charge in [-0.3, -0.25) is 4.79 Å². The molecule has 1 saturated heterocycles. The van der Waals surface area contributed by atoms with Crippen LogP contribution in [0.5, 0.6) is 11.5 Å². The van der Waals surface area contributed by atoms with Gasteiger partial charge in [0.05, 0.1) is 31.8 Å². The number of aromatic nitrogens is 4. The van der Waals surface area contributed by atoms with Gasteiger partial charge < -0.3 is 24.6 Å². The number of anilines is 1. The fraction of sp³-hybridized carbons (Fsp3) is 0.471. The van der Waals surface area contributed by atoms with E-state index in [2.05, 4.69) is 54.4 Å². The maximum absolute atomic E-state index is 13.7. The van der Waals surface area contributed by atoms with Crippen molar-refractivity contribution in [3.05, 3.63) is 71.7 Å². The third kappa shape index (κ3) is 5.36. The highest BCUT2D eigenvalue weighted by atomic mass is 16.5. The molecule has 0 unspecified atom stereocenters. The highest BCUT2D eigenvalue weighted by Gasteiger charge is 2.42. The first-order valence-electron chi connectivity index (χ1n) is 15.9. The van der Waals surface area contributed by atoms with E-state index in [1.807, 2.05) is 36.0 Å². The number of nitrogens with one attached hydrogen (secondary N) is 1. The molecule has 4 aromatic rings. The first-order chi connectivity index (χ1) is 21.6. The fourth-order valence-corrected chi connectivity index (χ4v) is 7.42. The Kier molecular flexibility index (Phi) is 7.84. The lowest BCUT2D eigenvalue weighted by Crippen LogP contribution is -2.53. The Morgan fingerprint density at radius 3 is 2.68 bits per heavy atom. The summed E-state index contributed by atoms with van der Waals surface area (Å²) >= 11 is 0. The summed E-state index contributed by atoms with van der Waals surface area (Å²) in [6, 6.07) is 14.6. The van der Waals surface area contributed by atoms with Crippen LogP contribution in [0.1, 0.15) is 49.3 Å². The highest BCUT2D eigenvalue weighted by molar-refractivity contribution is 5.87. The number of benzene rings is 2. The Balaban J connectivity index is 0.980. The molecule has 0 atom stereocenters. The predicted molar refractivity (Wildman–Crippen MR) is 169 cm³/mol. The van der Waals surface area contributed by atoms with Crippen molar-refractivity contribution in [3.63, 3.8) is 0 Å². The molecular formula is C34H41N7O3. The minimum Gasteiger partial charge on any atom is -0.497 e. The summed E-state index contributed by atoms with van der Waals surface area (Å²) in [5.74, 6) is 3.05. The fourth-order valence-electron chi connectivity index (χ4n) is 7.42. The number of hydrogen-bond donors (Lipinski definition) is 1. The first-order valence-corrected chi connectivity index (χ1v) is 15.9. The summed E-state index contributed by atoms with van der Waals surface area (Å²) in [6.45, 7) is 7.07. The SMILES string of the molecule is CCOc1cccc(Cn2ncc3c(N4CCN(C(=O)C5CCC6(CC5)NCCc5cc(OC)ccc56)CC4)ncnc32)c1. The van der Waals surface area contributed by atoms with Crippen molar-refractivity contribution in [1.29, 1.82) is 0 Å². The molecule has 0 radical (unpaired) electrons. The van der Waals surface area contributed by atoms with Gasteiger partial charge in [-0.2, -0.15) is 5.10 Å². The average Bonchev–Trinajstić information content (AvgIpc) is 3.48. The number of rotatable bonds is 7. The van der Waals surface area contributed by atoms with Gasteiger partial charge in [0.25, 0.3) is 0 Å². The molecule has 2 fully saturated rings. The van der Waals surface area contributed by atoms with Crippen LogP contribution in [0.15, 0.2) is 55.0 Å². The van der Waals surface area contributed by atoms with Crippen LogP contribution < -0.4 is 19.7 Å². The molecule has 1 N–H and O–H groups in total. The quantitative estimate of drug-likeness (QED) is 0.340. The Morgan fingerprint density at radius 1 is 1.05 bits per heavy atom. The second-order valence-electron chi connectivity index (χ2n) is 12.2. The van der Waals surface area contributed by atoms with Crippen molar-refractivity contribution in [3.8, 4) is 11.5 Å². The lowest BCUT2D eigenvalue weighted by atomic mass is 9.69. The molecule has 1 amide bonds. The molecule has 2 aliphatic heterocycles. The van der Waals surface area contributed by atoms with E-state index >= 15 is 0 Å². The van der Waals surface area contributed by atoms with Gasteiger partial charge in [-0.25, -0.2) is 14.6 Å². The number of hydrogen-bond acceptors (Lipinski definition) is 8. The summed E-state index contributed by atoms with van der Waals surface area (Å²) in [7, 11) is 1.73. The van der Waals surface area contributed by atoms with E-state index < -0.39 is 0 Å². The molecule has 0 bridgehead atoms. The molecule has 1 spiro atoms. The number of amides is 1. The van der Waals surface area contributed by atoms with E-state index in [9.17, 15) is 4.79 Å². The molecule has 10 nitrogen and oxygen atoms in total. The molecular weight excluding hydrogens is 554 g/mol. The maximum atomic E-state index is 13.7. The molecule has 1 saturated carbocycles. The number of piperazine rings is 1. The summed E-state index contributed by atoms with van der Waals surface area (Å²) in [5, 5.41) is 9.42. The van der Waals surface area contributed by atoms with Crippen molar-refractivity contribution in [1.82, 2.24) is 30.0 Å². The van der Waals surface area contributed by atoms with E-state index in [-0.39, 0.29) is 11.5 Å². The highest BCUT2D eigenvalue weighted by Crippen LogP contribution is 2.44. The summed E-state index contributed by atoms with van der Waals surface area (Å²) in [5.41, 5.74) is 4.66. The van der Waals surface area contributed by atoms with E-state index in [4.69, 9.17) is 9.47 Å². The van der Waals surface area contributed by atoms with Gasteiger partial charge >= 0.3 is 0 Å². The molecule has 7 rings (SSSR count). The smallest absolute Gasteiger partial charge is 0.225 e. The second-order valence-corrected chi connectivity index (χ2v) is 12.2. The van der Waals surface area contributed by atoms with Crippen molar-refractivity contribution in [2.75, 3.05) is 51.3 Å². The zero-order valence-electron chi connectivity index (χ0n) is 25.7. The Morgan fingerprint density at radius 2 is 1.89 bits per heavy atom. The van der Waals surface area contributed by atoms with Gasteiger partial charge in [0.1, 0.15) is 23.6 Å². The number of carbonyl (C=O) groups is 1. The lowest BCUT2D eigenvalue weighted by molar-refractivity contribution is -0.137. The van der Waals surface area contributed by atoms with Gasteiger partial charge in [-0.05, 0) is 80.0 Å². The Labute approximate surface area is 258 Å². The van der Waals surface area contributed by atoms with Gasteiger partial charge in [-0.1, -0.05) is 18.2 Å². The number of ether oxygens (including phenoxy) is 2. The van der Waals surface area contributed by atoms with Crippen LogP contribution in [0.4, 0.5) is 5.82 Å². The number of nitrogens with zero attached hydrogens (tertiary/aromatic N) is 6. The van der Waals surface area contributed by atoms with Crippen molar-refractivity contribution < 1.29 is 14.3 Å². The van der Waals surface area contributed by atoms with Gasteiger partial charge in [0.15, 0.2) is 5.65 Å². The Hall–Kier alpha value is -4.18. The summed E-state index contributed by atoms with van der Waals surface area (Å²) < 4.78 is 13.1. The average molecular weight is 596 g/mol. The van der Waals surface area contributed by atoms with Crippen LogP contribution in [0.2, 0.25) is 0 Å². The second kappa shape index (κ2) is 12.1. The van der Waals surface area contributed by atoms with Gasteiger partial charge in [0.2, 0.25) is 5.91 Å². The third-order valence-corrected chi connectivity index (χ3v) is 9.72. The molecule has 10 heteroatoms. The minimum atomic E-state index is -0.0236. The van der Waals surface area contributed by atoms with Crippen LogP contribution in [0, 0.1) is 5.92 Å². The monoisotopic (exact) mass is 595 g/mol. The van der Waals surface area contributed by atoms with Gasteiger partial charge in [0, 0.05) is 44.2 Å². The molecule has 2 aromatic heterocycles. The Bertz CT molecular complexity index is 1640. The lowest BCUT2D eigenvalue weighted by Gasteiger charge is -2.46. The van der Waals surface area contributed by atoms with Crippen LogP contribution in [0.3, 0.4) is 0 Å². The van der Waals surface area contributed by atoms with Gasteiger partial charge in [-0.15, -0.1) is 0 Å². The van der Waals surface area contributed by atoms with Crippen molar-refractivity contribution in [2.45, 2.75) is 51.1 Å². The number of methoxy groups -OCH3 is 1.